The molecule has 0 bridgehead atoms. The van der Waals surface area contributed by atoms with Gasteiger partial charge in [-0.2, -0.15) is 0 Å². The lowest BCUT2D eigenvalue weighted by molar-refractivity contribution is -0.142. The molecular weight excluding hydrogens is 188 g/mol. The predicted octanol–water partition coefficient (Wildman–Crippen LogP) is 3.56. The molecule has 0 aromatic heterocycles. The van der Waals surface area contributed by atoms with Crippen LogP contribution in [0, 0.1) is 23.2 Å². The molecule has 2 heteroatoms. The van der Waals surface area contributed by atoms with Crippen molar-refractivity contribution >= 4 is 5.97 Å². The van der Waals surface area contributed by atoms with E-state index in [9.17, 15) is 4.79 Å². The van der Waals surface area contributed by atoms with Gasteiger partial charge in [0.05, 0.1) is 5.92 Å². The molecule has 0 saturated heterocycles. The maximum absolute atomic E-state index is 10.8. The van der Waals surface area contributed by atoms with Gasteiger partial charge in [-0.15, -0.1) is 0 Å². The number of hydrogen-bond donors (Lipinski definition) is 1. The van der Waals surface area contributed by atoms with Gasteiger partial charge in [-0.3, -0.25) is 4.79 Å². The largest absolute Gasteiger partial charge is 0.481 e. The van der Waals surface area contributed by atoms with Crippen molar-refractivity contribution in [2.45, 2.75) is 53.4 Å². The second-order valence-corrected chi connectivity index (χ2v) is 6.25. The van der Waals surface area contributed by atoms with Crippen LogP contribution in [0.5, 0.6) is 0 Å². The summed E-state index contributed by atoms with van der Waals surface area (Å²) < 4.78 is 0. The number of carboxylic acids is 1. The molecule has 1 rings (SSSR count). The van der Waals surface area contributed by atoms with E-state index in [2.05, 4.69) is 20.8 Å². The van der Waals surface area contributed by atoms with Crippen LogP contribution in [0.15, 0.2) is 0 Å². The Bertz CT molecular complexity index is 233. The minimum atomic E-state index is -0.647. The van der Waals surface area contributed by atoms with Crippen molar-refractivity contribution in [2.24, 2.45) is 23.2 Å². The van der Waals surface area contributed by atoms with Crippen molar-refractivity contribution in [1.82, 2.24) is 0 Å². The van der Waals surface area contributed by atoms with Gasteiger partial charge in [0.2, 0.25) is 0 Å². The third-order valence-electron chi connectivity index (χ3n) is 3.59. The van der Waals surface area contributed by atoms with Crippen LogP contribution >= 0.6 is 0 Å². The average Bonchev–Trinajstić information content (AvgIpc) is 1.99. The zero-order chi connectivity index (χ0) is 11.6. The number of hydrogen-bond acceptors (Lipinski definition) is 1. The molecule has 1 aliphatic rings. The lowest BCUT2D eigenvalue weighted by atomic mass is 9.66. The molecule has 1 N–H and O–H groups in total. The normalized spacial score (nSPS) is 32.3. The Labute approximate surface area is 93.1 Å². The summed E-state index contributed by atoms with van der Waals surface area (Å²) in [6.45, 7) is 8.73. The summed E-state index contributed by atoms with van der Waals surface area (Å²) in [5.41, 5.74) is 0.403. The standard InChI is InChI=1S/C13H24O2/c1-9-5-11(6-10(2)12(14)15)8-13(3,4)7-9/h9-11H,5-8H2,1-4H3,(H,14,15). The van der Waals surface area contributed by atoms with Crippen LogP contribution in [0.1, 0.15) is 53.4 Å². The summed E-state index contributed by atoms with van der Waals surface area (Å²) in [5.74, 6) is 0.525. The molecule has 1 fully saturated rings. The Balaban J connectivity index is 2.52. The molecule has 1 saturated carbocycles. The maximum atomic E-state index is 10.8. The minimum Gasteiger partial charge on any atom is -0.481 e. The van der Waals surface area contributed by atoms with E-state index in [0.29, 0.717) is 11.3 Å². The molecule has 88 valence electrons. The number of carbonyl (C=O) groups is 1. The average molecular weight is 212 g/mol. The van der Waals surface area contributed by atoms with Crippen LogP contribution < -0.4 is 0 Å². The van der Waals surface area contributed by atoms with Crippen LogP contribution in [0.25, 0.3) is 0 Å². The van der Waals surface area contributed by atoms with E-state index in [1.54, 1.807) is 0 Å². The fourth-order valence-electron chi connectivity index (χ4n) is 3.32. The van der Waals surface area contributed by atoms with Crippen LogP contribution in [0.4, 0.5) is 0 Å². The third-order valence-corrected chi connectivity index (χ3v) is 3.59. The second-order valence-electron chi connectivity index (χ2n) is 6.25. The van der Waals surface area contributed by atoms with Gasteiger partial charge < -0.3 is 5.11 Å². The summed E-state index contributed by atoms with van der Waals surface area (Å²) >= 11 is 0. The highest BCUT2D eigenvalue weighted by atomic mass is 16.4. The van der Waals surface area contributed by atoms with Gasteiger partial charge in [-0.05, 0) is 42.9 Å². The first-order valence-electron chi connectivity index (χ1n) is 6.03. The van der Waals surface area contributed by atoms with Crippen LogP contribution in [0.3, 0.4) is 0 Å². The topological polar surface area (TPSA) is 37.3 Å². The van der Waals surface area contributed by atoms with Crippen LogP contribution in [-0.2, 0) is 4.79 Å². The van der Waals surface area contributed by atoms with Crippen molar-refractivity contribution in [1.29, 1.82) is 0 Å². The fourth-order valence-corrected chi connectivity index (χ4v) is 3.32. The first kappa shape index (κ1) is 12.5. The molecule has 0 aliphatic heterocycles. The molecule has 0 radical (unpaired) electrons. The molecular formula is C13H24O2. The maximum Gasteiger partial charge on any atom is 0.306 e. The van der Waals surface area contributed by atoms with Crippen LogP contribution in [0.2, 0.25) is 0 Å². The molecule has 3 atom stereocenters. The molecule has 0 spiro atoms. The highest BCUT2D eigenvalue weighted by Gasteiger charge is 2.33. The molecule has 3 unspecified atom stereocenters. The Hall–Kier alpha value is -0.530. The predicted molar refractivity (Wildman–Crippen MR) is 61.7 cm³/mol. The summed E-state index contributed by atoms with van der Waals surface area (Å²) in [4.78, 5) is 10.8. The van der Waals surface area contributed by atoms with E-state index >= 15 is 0 Å². The highest BCUT2D eigenvalue weighted by molar-refractivity contribution is 5.69. The Kier molecular flexibility index (Phi) is 3.80. The van der Waals surface area contributed by atoms with Crippen molar-refractivity contribution in [2.75, 3.05) is 0 Å². The van der Waals surface area contributed by atoms with Crippen molar-refractivity contribution in [3.05, 3.63) is 0 Å². The number of aliphatic carboxylic acids is 1. The summed E-state index contributed by atoms with van der Waals surface area (Å²) in [6.07, 6.45) is 4.53. The zero-order valence-corrected chi connectivity index (χ0v) is 10.4. The first-order valence-corrected chi connectivity index (χ1v) is 6.03. The monoisotopic (exact) mass is 212 g/mol. The first-order chi connectivity index (χ1) is 6.80. The van der Waals surface area contributed by atoms with Crippen molar-refractivity contribution < 1.29 is 9.90 Å². The molecule has 0 heterocycles. The van der Waals surface area contributed by atoms with Crippen LogP contribution in [-0.4, -0.2) is 11.1 Å². The van der Waals surface area contributed by atoms with Gasteiger partial charge >= 0.3 is 5.97 Å². The highest BCUT2D eigenvalue weighted by Crippen LogP contribution is 2.43. The summed E-state index contributed by atoms with van der Waals surface area (Å²) in [7, 11) is 0. The van der Waals surface area contributed by atoms with Gasteiger partial charge in [0.25, 0.3) is 0 Å². The zero-order valence-electron chi connectivity index (χ0n) is 10.4. The number of carboxylic acid groups (broad SMARTS) is 1. The second kappa shape index (κ2) is 4.54. The third kappa shape index (κ3) is 3.84. The molecule has 0 amide bonds. The van der Waals surface area contributed by atoms with Gasteiger partial charge in [-0.25, -0.2) is 0 Å². The SMILES string of the molecule is CC1CC(CC(C)C(=O)O)CC(C)(C)C1. The van der Waals surface area contributed by atoms with Crippen molar-refractivity contribution in [3.63, 3.8) is 0 Å². The molecule has 1 aliphatic carbocycles. The molecule has 0 aromatic carbocycles. The van der Waals surface area contributed by atoms with E-state index in [1.807, 2.05) is 6.92 Å². The van der Waals surface area contributed by atoms with E-state index in [0.717, 1.165) is 12.3 Å². The Morgan fingerprint density at radius 3 is 2.53 bits per heavy atom. The van der Waals surface area contributed by atoms with Gasteiger partial charge in [0.1, 0.15) is 0 Å². The molecule has 15 heavy (non-hydrogen) atoms. The lowest BCUT2D eigenvalue weighted by Crippen LogP contribution is -2.29. The lowest BCUT2D eigenvalue weighted by Gasteiger charge is -2.39. The fraction of sp³-hybridized carbons (Fsp3) is 0.923. The van der Waals surface area contributed by atoms with Gasteiger partial charge in [0, 0.05) is 0 Å². The van der Waals surface area contributed by atoms with Gasteiger partial charge in [-0.1, -0.05) is 27.7 Å². The van der Waals surface area contributed by atoms with Crippen molar-refractivity contribution in [3.8, 4) is 0 Å². The quantitative estimate of drug-likeness (QED) is 0.776. The number of rotatable bonds is 3. The summed E-state index contributed by atoms with van der Waals surface area (Å²) in [6, 6.07) is 0. The van der Waals surface area contributed by atoms with E-state index in [-0.39, 0.29) is 5.92 Å². The Morgan fingerprint density at radius 1 is 1.47 bits per heavy atom. The molecule has 0 aromatic rings. The minimum absolute atomic E-state index is 0.184. The summed E-state index contributed by atoms with van der Waals surface area (Å²) in [5, 5.41) is 8.91. The van der Waals surface area contributed by atoms with E-state index in [1.165, 1.54) is 19.3 Å². The van der Waals surface area contributed by atoms with Gasteiger partial charge in [0.15, 0.2) is 0 Å². The van der Waals surface area contributed by atoms with E-state index < -0.39 is 5.97 Å². The Morgan fingerprint density at radius 2 is 2.07 bits per heavy atom. The van der Waals surface area contributed by atoms with E-state index in [4.69, 9.17) is 5.11 Å². The smallest absolute Gasteiger partial charge is 0.306 e. The molecule has 2 nitrogen and oxygen atoms in total.